The van der Waals surface area contributed by atoms with Crippen molar-refractivity contribution in [3.05, 3.63) is 65.2 Å². The van der Waals surface area contributed by atoms with E-state index in [1.54, 1.807) is 12.1 Å². The van der Waals surface area contributed by atoms with Crippen LogP contribution in [-0.2, 0) is 17.4 Å². The van der Waals surface area contributed by atoms with Crippen molar-refractivity contribution < 1.29 is 27.8 Å². The predicted octanol–water partition coefficient (Wildman–Crippen LogP) is 4.90. The molecule has 0 aliphatic heterocycles. The standard InChI is InChI=1S/C19H19F3O3/c1-12(2)15-8-3-4-9-16(15)25-17(18(23)24)11-13-6-5-7-14(10-13)19(20,21)22/h3-10,12,17H,11H2,1-2H3,(H,23,24). The maximum atomic E-state index is 12.8. The first-order chi connectivity index (χ1) is 11.7. The van der Waals surface area contributed by atoms with Crippen LogP contribution in [0.15, 0.2) is 48.5 Å². The molecule has 6 heteroatoms. The Kier molecular flexibility index (Phi) is 5.72. The van der Waals surface area contributed by atoms with E-state index in [2.05, 4.69) is 0 Å². The molecule has 25 heavy (non-hydrogen) atoms. The molecule has 2 aromatic carbocycles. The molecule has 2 rings (SSSR count). The third-order valence-electron chi connectivity index (χ3n) is 3.76. The molecule has 0 aliphatic carbocycles. The molecule has 0 aromatic heterocycles. The molecule has 1 atom stereocenters. The van der Waals surface area contributed by atoms with Crippen molar-refractivity contribution in [3.63, 3.8) is 0 Å². The van der Waals surface area contributed by atoms with Gasteiger partial charge in [0.25, 0.3) is 0 Å². The molecular weight excluding hydrogens is 333 g/mol. The Hall–Kier alpha value is -2.50. The summed E-state index contributed by atoms with van der Waals surface area (Å²) in [5.74, 6) is -0.674. The van der Waals surface area contributed by atoms with Gasteiger partial charge in [-0.15, -0.1) is 0 Å². The zero-order valence-electron chi connectivity index (χ0n) is 13.9. The summed E-state index contributed by atoms with van der Waals surface area (Å²) in [6, 6.07) is 11.7. The average Bonchev–Trinajstić information content (AvgIpc) is 2.54. The van der Waals surface area contributed by atoms with Gasteiger partial charge in [0.15, 0.2) is 6.10 Å². The molecule has 0 bridgehead atoms. The summed E-state index contributed by atoms with van der Waals surface area (Å²) >= 11 is 0. The molecule has 0 radical (unpaired) electrons. The Morgan fingerprint density at radius 1 is 1.12 bits per heavy atom. The van der Waals surface area contributed by atoms with Crippen LogP contribution in [-0.4, -0.2) is 17.2 Å². The molecular formula is C19H19F3O3. The van der Waals surface area contributed by atoms with Gasteiger partial charge in [-0.3, -0.25) is 0 Å². The third-order valence-corrected chi connectivity index (χ3v) is 3.76. The predicted molar refractivity (Wildman–Crippen MR) is 87.7 cm³/mol. The fraction of sp³-hybridized carbons (Fsp3) is 0.316. The van der Waals surface area contributed by atoms with Crippen LogP contribution < -0.4 is 4.74 Å². The lowest BCUT2D eigenvalue weighted by atomic mass is 10.0. The first-order valence-corrected chi connectivity index (χ1v) is 7.83. The minimum Gasteiger partial charge on any atom is -0.478 e. The van der Waals surface area contributed by atoms with Crippen LogP contribution in [0.2, 0.25) is 0 Å². The second kappa shape index (κ2) is 7.59. The van der Waals surface area contributed by atoms with Crippen LogP contribution >= 0.6 is 0 Å². The van der Waals surface area contributed by atoms with Gasteiger partial charge < -0.3 is 9.84 Å². The summed E-state index contributed by atoms with van der Waals surface area (Å²) in [7, 11) is 0. The van der Waals surface area contributed by atoms with Gasteiger partial charge in [0.1, 0.15) is 5.75 Å². The third kappa shape index (κ3) is 4.98. The van der Waals surface area contributed by atoms with Crippen LogP contribution in [0, 0.1) is 0 Å². The molecule has 0 amide bonds. The Morgan fingerprint density at radius 3 is 2.40 bits per heavy atom. The maximum Gasteiger partial charge on any atom is 0.416 e. The number of hydrogen-bond donors (Lipinski definition) is 1. The number of para-hydroxylation sites is 1. The smallest absolute Gasteiger partial charge is 0.416 e. The topological polar surface area (TPSA) is 46.5 Å². The minimum absolute atomic E-state index is 0.124. The highest BCUT2D eigenvalue weighted by molar-refractivity contribution is 5.73. The van der Waals surface area contributed by atoms with Crippen molar-refractivity contribution >= 4 is 5.97 Å². The van der Waals surface area contributed by atoms with E-state index in [4.69, 9.17) is 4.74 Å². The summed E-state index contributed by atoms with van der Waals surface area (Å²) in [6.45, 7) is 3.90. The van der Waals surface area contributed by atoms with E-state index in [9.17, 15) is 23.1 Å². The first kappa shape index (κ1) is 18.8. The summed E-state index contributed by atoms with van der Waals surface area (Å²) in [4.78, 5) is 11.5. The van der Waals surface area contributed by atoms with E-state index in [1.807, 2.05) is 26.0 Å². The number of carboxylic acids is 1. The van der Waals surface area contributed by atoms with Crippen molar-refractivity contribution in [3.8, 4) is 5.75 Å². The van der Waals surface area contributed by atoms with Gasteiger partial charge in [-0.25, -0.2) is 4.79 Å². The second-order valence-corrected chi connectivity index (χ2v) is 6.04. The van der Waals surface area contributed by atoms with Gasteiger partial charge in [-0.2, -0.15) is 13.2 Å². The van der Waals surface area contributed by atoms with E-state index in [-0.39, 0.29) is 17.9 Å². The first-order valence-electron chi connectivity index (χ1n) is 7.83. The highest BCUT2D eigenvalue weighted by Gasteiger charge is 2.31. The van der Waals surface area contributed by atoms with Crippen molar-refractivity contribution in [2.75, 3.05) is 0 Å². The van der Waals surface area contributed by atoms with E-state index < -0.39 is 23.8 Å². The Labute approximate surface area is 144 Å². The lowest BCUT2D eigenvalue weighted by molar-refractivity contribution is -0.145. The van der Waals surface area contributed by atoms with Gasteiger partial charge >= 0.3 is 12.1 Å². The molecule has 0 saturated carbocycles. The number of ether oxygens (including phenoxy) is 1. The molecule has 134 valence electrons. The van der Waals surface area contributed by atoms with Gasteiger partial charge in [0, 0.05) is 6.42 Å². The SMILES string of the molecule is CC(C)c1ccccc1OC(Cc1cccc(C(F)(F)F)c1)C(=O)O. The monoisotopic (exact) mass is 352 g/mol. The largest absolute Gasteiger partial charge is 0.478 e. The zero-order chi connectivity index (χ0) is 18.6. The van der Waals surface area contributed by atoms with Crippen molar-refractivity contribution in [1.29, 1.82) is 0 Å². The average molecular weight is 352 g/mol. The molecule has 0 aliphatic rings. The summed E-state index contributed by atoms with van der Waals surface area (Å²) in [5.41, 5.74) is 0.291. The Balaban J connectivity index is 2.25. The molecule has 0 saturated heterocycles. The van der Waals surface area contributed by atoms with E-state index in [0.29, 0.717) is 5.75 Å². The van der Waals surface area contributed by atoms with Crippen LogP contribution in [0.1, 0.15) is 36.5 Å². The molecule has 0 spiro atoms. The number of alkyl halides is 3. The normalized spacial score (nSPS) is 12.9. The molecule has 3 nitrogen and oxygen atoms in total. The molecule has 1 N–H and O–H groups in total. The van der Waals surface area contributed by atoms with Crippen LogP contribution in [0.3, 0.4) is 0 Å². The van der Waals surface area contributed by atoms with Crippen molar-refractivity contribution in [1.82, 2.24) is 0 Å². The minimum atomic E-state index is -4.47. The van der Waals surface area contributed by atoms with Crippen LogP contribution in [0.4, 0.5) is 13.2 Å². The number of rotatable bonds is 6. The molecule has 1 unspecified atom stereocenters. The molecule has 0 heterocycles. The van der Waals surface area contributed by atoms with E-state index in [1.165, 1.54) is 12.1 Å². The Morgan fingerprint density at radius 2 is 1.80 bits per heavy atom. The Bertz CT molecular complexity index is 739. The quantitative estimate of drug-likeness (QED) is 0.804. The molecule has 0 fully saturated rings. The summed E-state index contributed by atoms with van der Waals surface area (Å²) in [5, 5.41) is 9.41. The molecule has 2 aromatic rings. The van der Waals surface area contributed by atoms with Gasteiger partial charge in [-0.1, -0.05) is 50.2 Å². The van der Waals surface area contributed by atoms with Gasteiger partial charge in [0.2, 0.25) is 0 Å². The number of halogens is 3. The number of aliphatic carboxylic acids is 1. The fourth-order valence-corrected chi connectivity index (χ4v) is 2.49. The van der Waals surface area contributed by atoms with Crippen LogP contribution in [0.25, 0.3) is 0 Å². The number of hydrogen-bond acceptors (Lipinski definition) is 2. The highest BCUT2D eigenvalue weighted by atomic mass is 19.4. The maximum absolute atomic E-state index is 12.8. The number of carbonyl (C=O) groups is 1. The van der Waals surface area contributed by atoms with Crippen molar-refractivity contribution in [2.24, 2.45) is 0 Å². The highest BCUT2D eigenvalue weighted by Crippen LogP contribution is 2.30. The number of carboxylic acid groups (broad SMARTS) is 1. The number of benzene rings is 2. The van der Waals surface area contributed by atoms with Crippen molar-refractivity contribution in [2.45, 2.75) is 38.5 Å². The lowest BCUT2D eigenvalue weighted by Crippen LogP contribution is -2.30. The summed E-state index contributed by atoms with van der Waals surface area (Å²) in [6.07, 6.45) is -5.91. The van der Waals surface area contributed by atoms with E-state index >= 15 is 0 Å². The van der Waals surface area contributed by atoms with E-state index in [0.717, 1.165) is 17.7 Å². The summed E-state index contributed by atoms with van der Waals surface area (Å²) < 4.78 is 44.0. The lowest BCUT2D eigenvalue weighted by Gasteiger charge is -2.19. The fourth-order valence-electron chi connectivity index (χ4n) is 2.49. The zero-order valence-corrected chi connectivity index (χ0v) is 13.9. The van der Waals surface area contributed by atoms with Crippen LogP contribution in [0.5, 0.6) is 5.75 Å². The van der Waals surface area contributed by atoms with Gasteiger partial charge in [-0.05, 0) is 29.2 Å². The second-order valence-electron chi connectivity index (χ2n) is 6.04. The van der Waals surface area contributed by atoms with Gasteiger partial charge in [0.05, 0.1) is 5.56 Å².